The van der Waals surface area contributed by atoms with Crippen molar-refractivity contribution in [2.45, 2.75) is 0 Å². The largest absolute Gasteiger partial charge is 0.466 e. The van der Waals surface area contributed by atoms with Crippen LogP contribution in [0.2, 0.25) is 0 Å². The van der Waals surface area contributed by atoms with Crippen molar-refractivity contribution < 1.29 is 19.2 Å². The molecule has 0 unspecified atom stereocenters. The summed E-state index contributed by atoms with van der Waals surface area (Å²) in [6, 6.07) is 0. The van der Waals surface area contributed by atoms with E-state index < -0.39 is 7.82 Å². The number of rotatable bonds is 0. The van der Waals surface area contributed by atoms with Gasteiger partial charge in [-0.05, 0) is 0 Å². The second-order valence-electron chi connectivity index (χ2n) is 0.513. The molecule has 0 rings (SSSR count). The molecule has 43 valence electrons. The van der Waals surface area contributed by atoms with Crippen molar-refractivity contribution in [3.63, 3.8) is 0 Å². The quantitative estimate of drug-likeness (QED) is 0.241. The fourth-order valence-corrected chi connectivity index (χ4v) is 0. The molecule has 0 spiro atoms. The van der Waals surface area contributed by atoms with E-state index in [1.165, 1.54) is 0 Å². The Hall–Kier alpha value is 0.135. The molecule has 0 saturated carbocycles. The highest BCUT2D eigenvalue weighted by Gasteiger charge is 2.00. The second kappa shape index (κ2) is 4.30. The maximum atomic E-state index is 8.88. The predicted molar refractivity (Wildman–Crippen MR) is 25.0 cm³/mol. The Morgan fingerprint density at radius 3 is 1.14 bits per heavy atom. The van der Waals surface area contributed by atoms with Crippen molar-refractivity contribution in [3.05, 3.63) is 0 Å². The van der Waals surface area contributed by atoms with Gasteiger partial charge < -0.3 is 20.8 Å². The maximum Gasteiger partial charge on any atom is 0.466 e. The minimum absolute atomic E-state index is 0. The summed E-state index contributed by atoms with van der Waals surface area (Å²) in [7, 11) is -4.64. The third-order valence-electron chi connectivity index (χ3n) is 0. The maximum absolute atomic E-state index is 8.88. The molecular weight excluding hydrogens is 120 g/mol. The first kappa shape index (κ1) is 15.7. The number of hydrogen-bond acceptors (Lipinski definition) is 2. The van der Waals surface area contributed by atoms with Crippen LogP contribution in [0.1, 0.15) is 0 Å². The van der Waals surface area contributed by atoms with Crippen LogP contribution in [0.25, 0.3) is 0 Å². The smallest absolute Gasteiger partial charge is 0.344 e. The standard InChI is InChI=1S/B.H3N.H3O4P/c;;1-5(2,3)4/h;1H3;(H3,1,2,3,4). The third-order valence-corrected chi connectivity index (χ3v) is 0. The van der Waals surface area contributed by atoms with Gasteiger partial charge in [-0.25, -0.2) is 4.57 Å². The Balaban J connectivity index is -0.0000000800. The molecule has 6 N–H and O–H groups in total. The molecule has 0 saturated heterocycles. The summed E-state index contributed by atoms with van der Waals surface area (Å²) in [6.07, 6.45) is 0. The molecule has 0 aliphatic heterocycles. The van der Waals surface area contributed by atoms with Crippen LogP contribution < -0.4 is 6.15 Å². The van der Waals surface area contributed by atoms with Crippen LogP contribution in [-0.4, -0.2) is 23.1 Å². The zero-order chi connectivity index (χ0) is 4.50. The fraction of sp³-hybridized carbons (Fsp3) is 0. The van der Waals surface area contributed by atoms with Gasteiger partial charge in [0, 0.05) is 8.41 Å². The van der Waals surface area contributed by atoms with Gasteiger partial charge >= 0.3 is 7.82 Å². The van der Waals surface area contributed by atoms with E-state index in [0.29, 0.717) is 0 Å². The van der Waals surface area contributed by atoms with Gasteiger partial charge in [0.05, 0.1) is 0 Å². The van der Waals surface area contributed by atoms with Crippen LogP contribution in [0.5, 0.6) is 0 Å². The molecule has 0 aromatic heterocycles. The van der Waals surface area contributed by atoms with Crippen molar-refractivity contribution in [1.82, 2.24) is 6.15 Å². The normalized spacial score (nSPS) is 8.43. The molecule has 0 bridgehead atoms. The van der Waals surface area contributed by atoms with Gasteiger partial charge in [-0.15, -0.1) is 0 Å². The molecule has 0 atom stereocenters. The first-order valence-corrected chi connectivity index (χ1v) is 2.35. The van der Waals surface area contributed by atoms with Crippen LogP contribution in [0.15, 0.2) is 0 Å². The summed E-state index contributed by atoms with van der Waals surface area (Å²) >= 11 is 0. The molecular formula is H6BNO4P. The SMILES string of the molecule is N.O=P(O)(O)O.[B]. The number of hydrogen-bond donors (Lipinski definition) is 4. The average Bonchev–Trinajstić information content (AvgIpc) is 0.722. The van der Waals surface area contributed by atoms with E-state index in [1.54, 1.807) is 0 Å². The first-order valence-electron chi connectivity index (χ1n) is 0.783. The molecule has 0 aromatic carbocycles. The zero-order valence-corrected chi connectivity index (χ0v) is 4.38. The van der Waals surface area contributed by atoms with Crippen molar-refractivity contribution in [2.24, 2.45) is 0 Å². The van der Waals surface area contributed by atoms with E-state index in [1.807, 2.05) is 0 Å². The van der Waals surface area contributed by atoms with Crippen LogP contribution in [0.3, 0.4) is 0 Å². The summed E-state index contributed by atoms with van der Waals surface area (Å²) in [6.45, 7) is 0. The average molecular weight is 126 g/mol. The highest BCUT2D eigenvalue weighted by molar-refractivity contribution is 7.45. The molecule has 7 heavy (non-hydrogen) atoms. The van der Waals surface area contributed by atoms with Crippen molar-refractivity contribution in [3.8, 4) is 0 Å². The Morgan fingerprint density at radius 1 is 1.14 bits per heavy atom. The van der Waals surface area contributed by atoms with Gasteiger partial charge in [0.15, 0.2) is 0 Å². The van der Waals surface area contributed by atoms with Gasteiger partial charge in [0.2, 0.25) is 0 Å². The Kier molecular flexibility index (Phi) is 9.64. The van der Waals surface area contributed by atoms with E-state index in [9.17, 15) is 0 Å². The summed E-state index contributed by atoms with van der Waals surface area (Å²) < 4.78 is 8.88. The van der Waals surface area contributed by atoms with Crippen LogP contribution in [0, 0.1) is 0 Å². The van der Waals surface area contributed by atoms with Crippen molar-refractivity contribution in [1.29, 1.82) is 0 Å². The van der Waals surface area contributed by atoms with Gasteiger partial charge in [-0.3, -0.25) is 0 Å². The van der Waals surface area contributed by atoms with E-state index in [0.717, 1.165) is 0 Å². The minimum Gasteiger partial charge on any atom is -0.344 e. The molecule has 7 heteroatoms. The topological polar surface area (TPSA) is 113 Å². The Bertz CT molecular complexity index is 57.8. The molecule has 5 nitrogen and oxygen atoms in total. The Morgan fingerprint density at radius 2 is 1.14 bits per heavy atom. The van der Waals surface area contributed by atoms with Crippen LogP contribution in [-0.2, 0) is 4.57 Å². The van der Waals surface area contributed by atoms with E-state index in [4.69, 9.17) is 19.2 Å². The highest BCUT2D eigenvalue weighted by Crippen LogP contribution is 2.25. The monoisotopic (exact) mass is 126 g/mol. The fourth-order valence-electron chi connectivity index (χ4n) is 0. The van der Waals surface area contributed by atoms with E-state index >= 15 is 0 Å². The van der Waals surface area contributed by atoms with Crippen LogP contribution >= 0.6 is 7.82 Å². The molecule has 0 aromatic rings. The molecule has 0 aliphatic carbocycles. The lowest BCUT2D eigenvalue weighted by molar-refractivity contribution is 0.275. The van der Waals surface area contributed by atoms with E-state index in [-0.39, 0.29) is 14.6 Å². The predicted octanol–water partition coefficient (Wildman–Crippen LogP) is -1.15. The van der Waals surface area contributed by atoms with Crippen molar-refractivity contribution >= 4 is 16.2 Å². The minimum atomic E-state index is -4.64. The Labute approximate surface area is 42.8 Å². The molecule has 0 fully saturated rings. The van der Waals surface area contributed by atoms with Gasteiger partial charge in [0.1, 0.15) is 0 Å². The summed E-state index contributed by atoms with van der Waals surface area (Å²) in [5, 5.41) is 0. The lowest BCUT2D eigenvalue weighted by Crippen LogP contribution is -1.66. The number of phosphoric acid groups is 1. The summed E-state index contributed by atoms with van der Waals surface area (Å²) in [4.78, 5) is 21.6. The summed E-state index contributed by atoms with van der Waals surface area (Å²) in [5.41, 5.74) is 0. The zero-order valence-electron chi connectivity index (χ0n) is 3.48. The van der Waals surface area contributed by atoms with Gasteiger partial charge in [0.25, 0.3) is 0 Å². The van der Waals surface area contributed by atoms with Gasteiger partial charge in [-0.1, -0.05) is 0 Å². The molecule has 0 heterocycles. The molecule has 0 amide bonds. The highest BCUT2D eigenvalue weighted by atomic mass is 31.2. The third kappa shape index (κ3) is 5760. The first-order chi connectivity index (χ1) is 2.00. The summed E-state index contributed by atoms with van der Waals surface area (Å²) in [5.74, 6) is 0. The van der Waals surface area contributed by atoms with Crippen molar-refractivity contribution in [2.75, 3.05) is 0 Å². The molecule has 3 radical (unpaired) electrons. The van der Waals surface area contributed by atoms with Crippen LogP contribution in [0.4, 0.5) is 0 Å². The lowest BCUT2D eigenvalue weighted by Gasteiger charge is -1.82. The van der Waals surface area contributed by atoms with Gasteiger partial charge in [-0.2, -0.15) is 0 Å². The lowest BCUT2D eigenvalue weighted by atomic mass is 10.8. The van der Waals surface area contributed by atoms with E-state index in [2.05, 4.69) is 0 Å². The molecule has 0 aliphatic rings. The second-order valence-corrected chi connectivity index (χ2v) is 1.54.